The fourth-order valence-electron chi connectivity index (χ4n) is 9.47. The fraction of sp³-hybridized carbons (Fsp3) is 0.938. The highest BCUT2D eigenvalue weighted by molar-refractivity contribution is 5.20. The van der Waals surface area contributed by atoms with Crippen LogP contribution in [0.4, 0.5) is 0 Å². The van der Waals surface area contributed by atoms with Gasteiger partial charge in [0.2, 0.25) is 0 Å². The third-order valence-corrected chi connectivity index (χ3v) is 8.71. The van der Waals surface area contributed by atoms with Crippen LogP contribution in [0, 0.1) is 23.7 Å². The molecular weight excluding hydrogens is 490 g/mol. The third-order valence-electron chi connectivity index (χ3n) is 8.71. The molecule has 0 saturated carbocycles. The van der Waals surface area contributed by atoms with Crippen molar-refractivity contribution < 1.29 is 19.2 Å². The van der Waals surface area contributed by atoms with E-state index in [1.807, 2.05) is 0 Å². The molecule has 3 heterocycles. The molecule has 3 aliphatic rings. The van der Waals surface area contributed by atoms with Gasteiger partial charge in [0.05, 0.1) is 0 Å². The maximum Gasteiger partial charge on any atom is 0.373 e. The molecule has 7 nitrogen and oxygen atoms in total. The van der Waals surface area contributed by atoms with Crippen LogP contribution in [0.25, 0.3) is 0 Å². The van der Waals surface area contributed by atoms with Crippen LogP contribution < -0.4 is 16.0 Å². The molecule has 226 valence electrons. The van der Waals surface area contributed by atoms with E-state index in [9.17, 15) is 0 Å². The van der Waals surface area contributed by atoms with Gasteiger partial charge in [-0.2, -0.15) is 19.2 Å². The van der Waals surface area contributed by atoms with Crippen LogP contribution in [0.3, 0.4) is 0 Å². The van der Waals surface area contributed by atoms with E-state index in [1.165, 1.54) is 51.4 Å². The van der Waals surface area contributed by atoms with Gasteiger partial charge in [-0.3, -0.25) is 0 Å². The Labute approximate surface area is 238 Å². The first-order valence-corrected chi connectivity index (χ1v) is 14.9. The maximum atomic E-state index is 8.12. The van der Waals surface area contributed by atoms with Gasteiger partial charge >= 0.3 is 12.3 Å². The monoisotopic (exact) mass is 549 g/mol. The molecule has 7 heteroatoms. The van der Waals surface area contributed by atoms with Crippen molar-refractivity contribution in [3.05, 3.63) is 0 Å². The average Bonchev–Trinajstić information content (AvgIpc) is 2.61. The average molecular weight is 550 g/mol. The summed E-state index contributed by atoms with van der Waals surface area (Å²) in [6, 6.07) is 0. The lowest BCUT2D eigenvalue weighted by Crippen LogP contribution is -2.60. The summed E-state index contributed by atoms with van der Waals surface area (Å²) in [5.74, 6) is 3.30. The van der Waals surface area contributed by atoms with E-state index in [0.717, 1.165) is 23.7 Å². The van der Waals surface area contributed by atoms with E-state index in [-0.39, 0.29) is 45.5 Å². The summed E-state index contributed by atoms with van der Waals surface area (Å²) in [6.45, 7) is 29.1. The Bertz CT molecular complexity index is 763. The van der Waals surface area contributed by atoms with Crippen LogP contribution in [-0.4, -0.2) is 45.5 Å². The van der Waals surface area contributed by atoms with Gasteiger partial charge in [0, 0.05) is 33.2 Å². The minimum Gasteiger partial charge on any atom is -0.307 e. The molecule has 3 rings (SSSR count). The van der Waals surface area contributed by atoms with Crippen molar-refractivity contribution in [3.63, 3.8) is 0 Å². The molecule has 3 aliphatic heterocycles. The Morgan fingerprint density at radius 2 is 0.692 bits per heavy atom. The SMILES string of the molecule is CC1(C)CC(CC(CC2CC(C)(C)NC(C)(C)C2)C2CC(C)(C)NC(C)(C)C2)CC(C)(C)N1.O=C=O.O=C=O. The van der Waals surface area contributed by atoms with E-state index in [2.05, 4.69) is 99.0 Å². The maximum absolute atomic E-state index is 8.12. The van der Waals surface area contributed by atoms with Crippen LogP contribution in [0.5, 0.6) is 0 Å². The van der Waals surface area contributed by atoms with E-state index in [1.54, 1.807) is 0 Å². The van der Waals surface area contributed by atoms with Gasteiger partial charge in [-0.15, -0.1) is 0 Å². The number of piperidine rings is 3. The van der Waals surface area contributed by atoms with Crippen molar-refractivity contribution >= 4 is 12.3 Å². The first-order chi connectivity index (χ1) is 17.5. The molecule has 0 atom stereocenters. The zero-order valence-electron chi connectivity index (χ0n) is 27.1. The molecule has 0 aromatic heterocycles. The fourth-order valence-corrected chi connectivity index (χ4v) is 9.47. The van der Waals surface area contributed by atoms with Gasteiger partial charge < -0.3 is 16.0 Å². The second kappa shape index (κ2) is 13.1. The van der Waals surface area contributed by atoms with Crippen molar-refractivity contribution in [1.82, 2.24) is 16.0 Å². The molecule has 0 aromatic rings. The number of rotatable bonds is 5. The topological polar surface area (TPSA) is 104 Å². The summed E-state index contributed by atoms with van der Waals surface area (Å²) >= 11 is 0. The predicted molar refractivity (Wildman–Crippen MR) is 155 cm³/mol. The molecule has 0 aromatic carbocycles. The number of nitrogens with one attached hydrogen (secondary N) is 3. The lowest BCUT2D eigenvalue weighted by Gasteiger charge is -2.52. The Hall–Kier alpha value is -1.36. The molecule has 39 heavy (non-hydrogen) atoms. The number of carbonyl (C=O) groups excluding carboxylic acids is 4. The Morgan fingerprint density at radius 3 is 0.923 bits per heavy atom. The van der Waals surface area contributed by atoms with Crippen LogP contribution in [0.15, 0.2) is 0 Å². The Morgan fingerprint density at radius 1 is 0.487 bits per heavy atom. The lowest BCUT2D eigenvalue weighted by molar-refractivity contribution is -0.193. The summed E-state index contributed by atoms with van der Waals surface area (Å²) in [5, 5.41) is 11.8. The van der Waals surface area contributed by atoms with Crippen LogP contribution in [0.2, 0.25) is 0 Å². The molecule has 3 saturated heterocycles. The molecule has 3 fully saturated rings. The van der Waals surface area contributed by atoms with Crippen LogP contribution in [0.1, 0.15) is 134 Å². The molecule has 0 spiro atoms. The zero-order chi connectivity index (χ0) is 30.5. The quantitative estimate of drug-likeness (QED) is 0.393. The molecule has 0 unspecified atom stereocenters. The minimum absolute atomic E-state index is 0.226. The van der Waals surface area contributed by atoms with Crippen LogP contribution >= 0.6 is 0 Å². The number of hydrogen-bond acceptors (Lipinski definition) is 7. The van der Waals surface area contributed by atoms with Crippen molar-refractivity contribution in [2.75, 3.05) is 0 Å². The van der Waals surface area contributed by atoms with Crippen molar-refractivity contribution in [1.29, 1.82) is 0 Å². The van der Waals surface area contributed by atoms with Gasteiger partial charge in [-0.1, -0.05) is 0 Å². The Balaban J connectivity index is 0.00000116. The first-order valence-electron chi connectivity index (χ1n) is 14.9. The smallest absolute Gasteiger partial charge is 0.307 e. The number of hydrogen-bond donors (Lipinski definition) is 3. The van der Waals surface area contributed by atoms with Crippen molar-refractivity contribution in [2.24, 2.45) is 23.7 Å². The highest BCUT2D eigenvalue weighted by Crippen LogP contribution is 2.47. The van der Waals surface area contributed by atoms with E-state index in [4.69, 9.17) is 19.2 Å². The predicted octanol–water partition coefficient (Wildman–Crippen LogP) is 5.89. The largest absolute Gasteiger partial charge is 0.373 e. The van der Waals surface area contributed by atoms with Crippen LogP contribution in [-0.2, 0) is 19.2 Å². The van der Waals surface area contributed by atoms with Gasteiger partial charge in [0.1, 0.15) is 0 Å². The summed E-state index contributed by atoms with van der Waals surface area (Å²) in [5.41, 5.74) is 1.41. The van der Waals surface area contributed by atoms with Crippen molar-refractivity contribution in [3.8, 4) is 0 Å². The van der Waals surface area contributed by atoms with Crippen molar-refractivity contribution in [2.45, 2.75) is 168 Å². The standard InChI is InChI=1S/C30H59N3.2CO2/c1-25(2)15-21(16-26(3,4)31-25)13-23(24-19-29(9,10)33-30(11,12)20-24)14-22-17-27(5,6)32-28(7,8)18-22;2*2-1-3/h21-24,31-33H,13-20H2,1-12H3;;. The first kappa shape index (κ1) is 35.7. The van der Waals surface area contributed by atoms with Gasteiger partial charge in [0.15, 0.2) is 0 Å². The Kier molecular flexibility index (Phi) is 12.0. The second-order valence-electron chi connectivity index (χ2n) is 16.8. The molecular formula is C32H59N3O4. The molecule has 0 bridgehead atoms. The highest BCUT2D eigenvalue weighted by Gasteiger charge is 2.45. The van der Waals surface area contributed by atoms with E-state index >= 15 is 0 Å². The van der Waals surface area contributed by atoms with Gasteiger partial charge in [-0.05, 0) is 158 Å². The highest BCUT2D eigenvalue weighted by atomic mass is 16.2. The zero-order valence-corrected chi connectivity index (χ0v) is 27.1. The molecule has 0 radical (unpaired) electrons. The third kappa shape index (κ3) is 12.8. The van der Waals surface area contributed by atoms with Gasteiger partial charge in [0.25, 0.3) is 0 Å². The molecule has 0 amide bonds. The summed E-state index contributed by atoms with van der Waals surface area (Å²) in [4.78, 5) is 32.5. The summed E-state index contributed by atoms with van der Waals surface area (Å²) in [6.07, 6.45) is 11.2. The summed E-state index contributed by atoms with van der Waals surface area (Å²) in [7, 11) is 0. The molecule has 3 N–H and O–H groups in total. The summed E-state index contributed by atoms with van der Waals surface area (Å²) < 4.78 is 0. The lowest BCUT2D eigenvalue weighted by atomic mass is 9.63. The second-order valence-corrected chi connectivity index (χ2v) is 16.8. The van der Waals surface area contributed by atoms with E-state index < -0.39 is 0 Å². The minimum atomic E-state index is 0.226. The normalized spacial score (nSPS) is 27.1. The molecule has 0 aliphatic carbocycles. The van der Waals surface area contributed by atoms with Gasteiger partial charge in [-0.25, -0.2) is 0 Å². The van der Waals surface area contributed by atoms with E-state index in [0.29, 0.717) is 0 Å².